The van der Waals surface area contributed by atoms with Gasteiger partial charge in [-0.25, -0.2) is 0 Å². The topological polar surface area (TPSA) is 49.5 Å². The Morgan fingerprint density at radius 1 is 1.46 bits per heavy atom. The summed E-state index contributed by atoms with van der Waals surface area (Å²) >= 11 is 9.87. The Bertz CT molecular complexity index is 540. The first-order valence-corrected chi connectivity index (χ1v) is 13.4. The molecule has 0 radical (unpaired) electrons. The van der Waals surface area contributed by atoms with Gasteiger partial charge in [0.1, 0.15) is 0 Å². The fourth-order valence-corrected chi connectivity index (χ4v) is 12.7. The molecule has 7 atom stereocenters. The molecule has 0 spiro atoms. The van der Waals surface area contributed by atoms with Crippen LogP contribution in [-0.2, 0) is 0 Å². The van der Waals surface area contributed by atoms with Crippen molar-refractivity contribution in [2.75, 3.05) is 0 Å². The minimum absolute atomic E-state index is 0.121. The van der Waals surface area contributed by atoms with E-state index in [2.05, 4.69) is 61.3 Å². The predicted molar refractivity (Wildman–Crippen MR) is 119 cm³/mol. The zero-order valence-electron chi connectivity index (χ0n) is 14.9. The molecule has 1 rings (SSSR count). The van der Waals surface area contributed by atoms with Crippen molar-refractivity contribution in [2.24, 2.45) is 5.73 Å². The number of rotatable bonds is 1. The van der Waals surface area contributed by atoms with E-state index in [1.165, 1.54) is 6.92 Å². The van der Waals surface area contributed by atoms with Crippen LogP contribution < -0.4 is 5.73 Å². The monoisotopic (exact) mass is 825 g/mol. The van der Waals surface area contributed by atoms with Crippen LogP contribution in [0.1, 0.15) is 41.5 Å². The molecule has 0 aromatic rings. The molecule has 9 heteroatoms. The molecule has 0 aromatic carbocycles. The molecule has 0 saturated carbocycles. The van der Waals surface area contributed by atoms with E-state index in [9.17, 15) is 5.11 Å². The number of halogens is 3. The van der Waals surface area contributed by atoms with Gasteiger partial charge in [0.25, 0.3) is 0 Å². The summed E-state index contributed by atoms with van der Waals surface area (Å²) in [6.45, 7) is 11.1. The molecular formula is C15H27FI2N2OPSU. The van der Waals surface area contributed by atoms with Crippen LogP contribution in [0.5, 0.6) is 0 Å². The zero-order chi connectivity index (χ0) is 19.5. The van der Waals surface area contributed by atoms with Crippen LogP contribution >= 0.6 is 67.1 Å². The fourth-order valence-electron chi connectivity index (χ4n) is 3.37. The molecule has 1 aliphatic rings. The number of thiol groups is 1. The van der Waals surface area contributed by atoms with Gasteiger partial charge in [0, 0.05) is 0 Å². The Kier molecular flexibility index (Phi) is 8.22. The van der Waals surface area contributed by atoms with Crippen LogP contribution in [0.25, 0.3) is 0 Å². The van der Waals surface area contributed by atoms with Crippen molar-refractivity contribution in [1.29, 1.82) is 0 Å². The molecule has 3 N–H and O–H groups in total. The summed E-state index contributed by atoms with van der Waals surface area (Å²) in [5, 5.41) is 11.0. The van der Waals surface area contributed by atoms with Crippen molar-refractivity contribution < 1.29 is 38.9 Å². The number of allylic oxidation sites excluding steroid dienone is 1. The Balaban J connectivity index is 3.88. The first-order valence-electron chi connectivity index (χ1n) is 7.67. The van der Waals surface area contributed by atoms with E-state index < -0.39 is 16.3 Å². The van der Waals surface area contributed by atoms with Gasteiger partial charge in [-0.1, -0.05) is 0 Å². The van der Waals surface area contributed by atoms with E-state index >= 15 is 4.39 Å². The van der Waals surface area contributed by atoms with Gasteiger partial charge in [-0.05, 0) is 0 Å². The van der Waals surface area contributed by atoms with Crippen LogP contribution in [-0.4, -0.2) is 41.5 Å². The van der Waals surface area contributed by atoms with Gasteiger partial charge in [-0.3, -0.25) is 0 Å². The second-order valence-corrected chi connectivity index (χ2v) is 14.7. The number of nitrogens with zero attached hydrogens (tertiary/aromatic N) is 1. The van der Waals surface area contributed by atoms with Crippen molar-refractivity contribution in [2.45, 2.75) is 76.0 Å². The van der Waals surface area contributed by atoms with Crippen molar-refractivity contribution in [3.63, 3.8) is 0 Å². The molecule has 0 bridgehead atoms. The van der Waals surface area contributed by atoms with E-state index in [-0.39, 0.29) is 18.2 Å². The second kappa shape index (κ2) is 7.93. The Labute approximate surface area is 199 Å². The molecule has 1 aliphatic heterocycles. The Hall–Kier alpha value is 2.84. The molecular weight excluding hydrogens is 798 g/mol. The zero-order valence-corrected chi connectivity index (χ0v) is 25.4. The molecule has 139 valence electrons. The summed E-state index contributed by atoms with van der Waals surface area (Å²) in [6.07, 6.45) is 0. The molecule has 1 fully saturated rings. The van der Waals surface area contributed by atoms with E-state index in [1.54, 1.807) is 11.8 Å². The van der Waals surface area contributed by atoms with Crippen molar-refractivity contribution in [3.05, 3.63) is 9.15 Å². The van der Waals surface area contributed by atoms with Gasteiger partial charge in [0.2, 0.25) is 0 Å². The van der Waals surface area contributed by atoms with Crippen molar-refractivity contribution in [3.8, 4) is 0 Å². The number of hydrogen-bond donors (Lipinski definition) is 3. The van der Waals surface area contributed by atoms with Gasteiger partial charge in [0.15, 0.2) is 0 Å². The second-order valence-electron chi connectivity index (χ2n) is 7.37. The number of hydrogen-bond acceptors (Lipinski definition) is 4. The average molecular weight is 825 g/mol. The van der Waals surface area contributed by atoms with E-state index in [0.29, 0.717) is 29.4 Å². The number of aliphatic hydroxyl groups is 1. The van der Waals surface area contributed by atoms with Crippen molar-refractivity contribution >= 4 is 67.1 Å². The summed E-state index contributed by atoms with van der Waals surface area (Å²) in [4.78, 5) is 1.70. The standard InChI is InChI=1S/C15H27FI2N2OPS.U/c1-8(2)20-11(18)12(4,22)7-10(9(3)17)13(5,23)15(19,21)14(20,6)16;/h7-8,11,21,23H,19,22H2,1-6H3;/b10-9-;. The molecule has 24 heavy (non-hydrogen) atoms. The SMILES string of the molecule is C/C(I)=C1\[CH]([U])C(C)(P)C(I)N(C(C)C)C(C)(F)C(N)(O)C1(C)S. The first kappa shape index (κ1) is 24.9. The summed E-state index contributed by atoms with van der Waals surface area (Å²) < 4.78 is 16.0. The molecule has 1 heterocycles. The number of likely N-dealkylation sites (tertiary alicyclic amines) is 1. The van der Waals surface area contributed by atoms with Crippen LogP contribution in [0.4, 0.5) is 4.39 Å². The molecule has 0 amide bonds. The molecule has 1 saturated heterocycles. The van der Waals surface area contributed by atoms with Gasteiger partial charge in [0.05, 0.1) is 0 Å². The number of nitrogens with two attached hydrogens (primary N) is 1. The quantitative estimate of drug-likeness (QED) is 0.0931. The van der Waals surface area contributed by atoms with Crippen molar-refractivity contribution in [1.82, 2.24) is 4.90 Å². The predicted octanol–water partition coefficient (Wildman–Crippen LogP) is 4.17. The van der Waals surface area contributed by atoms with Crippen LogP contribution in [0, 0.1) is 29.4 Å². The Morgan fingerprint density at radius 2 is 1.88 bits per heavy atom. The van der Waals surface area contributed by atoms with E-state index in [1.807, 2.05) is 20.8 Å². The molecule has 0 aliphatic carbocycles. The molecule has 7 unspecified atom stereocenters. The van der Waals surface area contributed by atoms with Crippen LogP contribution in [0.3, 0.4) is 0 Å². The normalized spacial score (nSPS) is 50.7. The van der Waals surface area contributed by atoms with E-state index in [4.69, 9.17) is 18.4 Å². The first-order chi connectivity index (χ1) is 10.5. The maximum absolute atomic E-state index is 16.1. The van der Waals surface area contributed by atoms with Crippen LogP contribution in [0.15, 0.2) is 9.15 Å². The average Bonchev–Trinajstić information content (AvgIpc) is 2.35. The summed E-state index contributed by atoms with van der Waals surface area (Å²) in [7, 11) is 2.95. The molecule has 3 nitrogen and oxygen atoms in total. The molecule has 0 aromatic heterocycles. The fraction of sp³-hybridized carbons (Fsp3) is 0.867. The van der Waals surface area contributed by atoms with Gasteiger partial charge in [-0.2, -0.15) is 0 Å². The van der Waals surface area contributed by atoms with Gasteiger partial charge >= 0.3 is 202 Å². The summed E-state index contributed by atoms with van der Waals surface area (Å²) in [6, 6.07) is -0.121. The minimum atomic E-state index is -2.15. The third-order valence-corrected chi connectivity index (χ3v) is 14.7. The van der Waals surface area contributed by atoms with E-state index in [0.717, 1.165) is 9.15 Å². The van der Waals surface area contributed by atoms with Gasteiger partial charge < -0.3 is 0 Å². The summed E-state index contributed by atoms with van der Waals surface area (Å²) in [5.74, 6) is -2.15. The third-order valence-electron chi connectivity index (χ3n) is 5.04. The van der Waals surface area contributed by atoms with Crippen LogP contribution in [0.2, 0.25) is 2.95 Å². The Morgan fingerprint density at radius 3 is 2.21 bits per heavy atom. The van der Waals surface area contributed by atoms with Gasteiger partial charge in [-0.15, -0.1) is 0 Å². The summed E-state index contributed by atoms with van der Waals surface area (Å²) in [5.41, 5.74) is 5.11. The number of alkyl halides is 2. The maximum atomic E-state index is 16.1. The third kappa shape index (κ3) is 3.81.